The van der Waals surface area contributed by atoms with Crippen LogP contribution in [-0.2, 0) is 26.6 Å². The third-order valence-electron chi connectivity index (χ3n) is 4.29. The van der Waals surface area contributed by atoms with Gasteiger partial charge < -0.3 is 9.47 Å². The number of cyclic esters (lactones) is 1. The van der Waals surface area contributed by atoms with Crippen molar-refractivity contribution in [1.29, 1.82) is 0 Å². The number of ketones is 1. The van der Waals surface area contributed by atoms with Crippen molar-refractivity contribution in [2.24, 2.45) is 5.92 Å². The van der Waals surface area contributed by atoms with Crippen LogP contribution in [0.3, 0.4) is 0 Å². The summed E-state index contributed by atoms with van der Waals surface area (Å²) in [7, 11) is 1.58. The van der Waals surface area contributed by atoms with Crippen LogP contribution >= 0.6 is 0 Å². The smallest absolute Gasteiger partial charge is 0.307 e. The fraction of sp³-hybridized carbons (Fsp3) is 0.182. The Kier molecular flexibility index (Phi) is 7.83. The van der Waals surface area contributed by atoms with Gasteiger partial charge in [-0.2, -0.15) is 0 Å². The predicted octanol–water partition coefficient (Wildman–Crippen LogP) is 3.82. The quantitative estimate of drug-likeness (QED) is 0.435. The summed E-state index contributed by atoms with van der Waals surface area (Å²) >= 11 is 0. The molecule has 140 valence electrons. The summed E-state index contributed by atoms with van der Waals surface area (Å²) in [5.74, 6) is -0.172. The molecule has 5 heteroatoms. The monoisotopic (exact) mass is 404 g/mol. The normalized spacial score (nSPS) is 21.8. The summed E-state index contributed by atoms with van der Waals surface area (Å²) in [4.78, 5) is 24.2. The van der Waals surface area contributed by atoms with Crippen LogP contribution in [0.4, 0.5) is 0 Å². The molecule has 4 rings (SSSR count). The average Bonchev–Trinajstić information content (AvgIpc) is 3.43. The van der Waals surface area contributed by atoms with Crippen molar-refractivity contribution in [3.8, 4) is 5.75 Å². The van der Waals surface area contributed by atoms with Crippen LogP contribution in [-0.4, -0.2) is 25.0 Å². The molecule has 0 saturated carbocycles. The van der Waals surface area contributed by atoms with Crippen molar-refractivity contribution in [2.75, 3.05) is 7.11 Å². The standard InChI is InChI=1S/C17H15O4.C5H5.Fe/c1-20-13-8-6-11(7-9-13)16(19)14-10-15(18)21-17(14)12-4-2-3-5-12;1-2-4-5-3-1;/h2-9,14,17H,10H2,1H3;1-5H;/t14-,17-;;/m0../s1. The van der Waals surface area contributed by atoms with E-state index in [0.717, 1.165) is 5.57 Å². The van der Waals surface area contributed by atoms with E-state index < -0.39 is 12.0 Å². The van der Waals surface area contributed by atoms with Crippen LogP contribution in [0, 0.1) is 18.8 Å². The second kappa shape index (κ2) is 10.1. The molecule has 0 amide bonds. The number of hydrogen-bond acceptors (Lipinski definition) is 4. The number of rotatable bonds is 4. The molecule has 3 aliphatic rings. The Morgan fingerprint density at radius 3 is 2.26 bits per heavy atom. The Bertz CT molecular complexity index is 777. The molecule has 1 fully saturated rings. The number of allylic oxidation sites excluding steroid dienone is 7. The molecule has 2 radical (unpaired) electrons. The molecule has 1 aliphatic heterocycles. The Labute approximate surface area is 170 Å². The van der Waals surface area contributed by atoms with Gasteiger partial charge in [0, 0.05) is 35.5 Å². The summed E-state index contributed by atoms with van der Waals surface area (Å²) < 4.78 is 10.4. The van der Waals surface area contributed by atoms with Crippen LogP contribution in [0.25, 0.3) is 0 Å². The van der Waals surface area contributed by atoms with Crippen molar-refractivity contribution < 1.29 is 36.1 Å². The number of carbonyl (C=O) groups is 2. The Morgan fingerprint density at radius 2 is 1.74 bits per heavy atom. The molecule has 0 unspecified atom stereocenters. The van der Waals surface area contributed by atoms with Crippen LogP contribution < -0.4 is 4.74 Å². The summed E-state index contributed by atoms with van der Waals surface area (Å²) in [6.07, 6.45) is 17.1. The molecule has 1 aromatic rings. The molecule has 27 heavy (non-hydrogen) atoms. The van der Waals surface area contributed by atoms with Gasteiger partial charge >= 0.3 is 5.97 Å². The van der Waals surface area contributed by atoms with Crippen molar-refractivity contribution >= 4 is 11.8 Å². The second-order valence-electron chi connectivity index (χ2n) is 5.99. The van der Waals surface area contributed by atoms with Gasteiger partial charge in [-0.15, -0.1) is 0 Å². The fourth-order valence-corrected chi connectivity index (χ4v) is 2.96. The number of Topliss-reactive ketones (excluding diaryl/α,β-unsaturated/α-hetero) is 1. The summed E-state index contributed by atoms with van der Waals surface area (Å²) in [5.41, 5.74) is 1.43. The van der Waals surface area contributed by atoms with E-state index in [1.54, 1.807) is 31.4 Å². The largest absolute Gasteiger partial charge is 0.497 e. The zero-order valence-corrected chi connectivity index (χ0v) is 16.0. The van der Waals surface area contributed by atoms with E-state index in [2.05, 4.69) is 0 Å². The van der Waals surface area contributed by atoms with Gasteiger partial charge in [0.25, 0.3) is 0 Å². The van der Waals surface area contributed by atoms with Gasteiger partial charge in [-0.05, 0) is 29.8 Å². The molecule has 0 bridgehead atoms. The van der Waals surface area contributed by atoms with Crippen molar-refractivity contribution in [3.05, 3.63) is 90.8 Å². The van der Waals surface area contributed by atoms with Crippen LogP contribution in [0.1, 0.15) is 16.8 Å². The van der Waals surface area contributed by atoms with Crippen molar-refractivity contribution in [2.45, 2.75) is 12.5 Å². The van der Waals surface area contributed by atoms with Gasteiger partial charge in [0.1, 0.15) is 11.9 Å². The molecule has 1 saturated heterocycles. The minimum absolute atomic E-state index is 0. The maximum absolute atomic E-state index is 12.6. The summed E-state index contributed by atoms with van der Waals surface area (Å²) in [5, 5.41) is 0. The molecule has 0 spiro atoms. The molecule has 4 nitrogen and oxygen atoms in total. The number of esters is 1. The van der Waals surface area contributed by atoms with E-state index in [4.69, 9.17) is 9.47 Å². The van der Waals surface area contributed by atoms with Gasteiger partial charge in [0.05, 0.1) is 19.4 Å². The number of carbonyl (C=O) groups excluding carboxylic acids is 2. The molecule has 0 N–H and O–H groups in total. The molecule has 0 aromatic heterocycles. The van der Waals surface area contributed by atoms with Gasteiger partial charge in [0.2, 0.25) is 0 Å². The number of ether oxygens (including phenoxy) is 2. The van der Waals surface area contributed by atoms with E-state index >= 15 is 0 Å². The van der Waals surface area contributed by atoms with Gasteiger partial charge in [0.15, 0.2) is 5.78 Å². The first-order valence-electron chi connectivity index (χ1n) is 8.45. The van der Waals surface area contributed by atoms with E-state index in [1.165, 1.54) is 0 Å². The van der Waals surface area contributed by atoms with Crippen LogP contribution in [0.5, 0.6) is 5.75 Å². The number of hydrogen-bond donors (Lipinski definition) is 0. The first-order valence-corrected chi connectivity index (χ1v) is 8.45. The molecule has 2 aliphatic carbocycles. The van der Waals surface area contributed by atoms with Gasteiger partial charge in [-0.3, -0.25) is 9.59 Å². The molecular weight excluding hydrogens is 384 g/mol. The van der Waals surface area contributed by atoms with E-state index in [9.17, 15) is 9.59 Å². The summed E-state index contributed by atoms with van der Waals surface area (Å²) in [6, 6.07) is 6.91. The molecular formula is C22H20FeO4. The Balaban J connectivity index is 0.000000379. The minimum Gasteiger partial charge on any atom is -0.497 e. The third-order valence-corrected chi connectivity index (χ3v) is 4.29. The number of benzene rings is 1. The minimum atomic E-state index is -0.484. The predicted molar refractivity (Wildman–Crippen MR) is 99.4 cm³/mol. The average molecular weight is 404 g/mol. The zero-order valence-electron chi connectivity index (χ0n) is 14.9. The van der Waals surface area contributed by atoms with Crippen LogP contribution in [0.2, 0.25) is 0 Å². The first-order chi connectivity index (χ1) is 12.7. The van der Waals surface area contributed by atoms with Crippen molar-refractivity contribution in [1.82, 2.24) is 0 Å². The topological polar surface area (TPSA) is 52.6 Å². The van der Waals surface area contributed by atoms with Crippen molar-refractivity contribution in [3.63, 3.8) is 0 Å². The van der Waals surface area contributed by atoms with Gasteiger partial charge in [-0.1, -0.05) is 42.5 Å². The maximum atomic E-state index is 12.6. The fourth-order valence-electron chi connectivity index (χ4n) is 2.96. The zero-order chi connectivity index (χ0) is 18.4. The Morgan fingerprint density at radius 1 is 1.04 bits per heavy atom. The summed E-state index contributed by atoms with van der Waals surface area (Å²) in [6.45, 7) is 0. The SMILES string of the molecule is COc1ccc(C(=O)[C@@H]2CC(=O)O[C@H]2C2=CC=C[CH]2)cc1.[CH]1C=CC=C1.[Fe]. The van der Waals surface area contributed by atoms with E-state index in [-0.39, 0.29) is 35.2 Å². The second-order valence-corrected chi connectivity index (χ2v) is 5.99. The third kappa shape index (κ3) is 5.31. The van der Waals surface area contributed by atoms with Gasteiger partial charge in [-0.25, -0.2) is 0 Å². The Hall–Kier alpha value is -2.36. The van der Waals surface area contributed by atoms with Crippen LogP contribution in [0.15, 0.2) is 72.4 Å². The molecule has 1 heterocycles. The van der Waals surface area contributed by atoms with E-state index in [1.807, 2.05) is 55.4 Å². The molecule has 2 atom stereocenters. The maximum Gasteiger partial charge on any atom is 0.307 e. The number of methoxy groups -OCH3 is 1. The first kappa shape index (κ1) is 20.9. The van der Waals surface area contributed by atoms with E-state index in [0.29, 0.717) is 11.3 Å². The molecule has 1 aromatic carbocycles.